The van der Waals surface area contributed by atoms with Gasteiger partial charge in [-0.15, -0.1) is 0 Å². The molecule has 0 unspecified atom stereocenters. The Morgan fingerprint density at radius 3 is 2.57 bits per heavy atom. The SMILES string of the molecule is CCCC[C@@]1(C)NC(=O)N(CC(=O)OCC(=O)NCc2ccc(Cl)cc2)C1=O. The number of nitrogens with one attached hydrogen (secondary N) is 2. The maximum atomic E-state index is 12.4. The molecule has 8 nitrogen and oxygen atoms in total. The molecule has 0 aliphatic carbocycles. The lowest BCUT2D eigenvalue weighted by atomic mass is 9.95. The number of nitrogens with zero attached hydrogens (tertiary/aromatic N) is 1. The number of urea groups is 1. The summed E-state index contributed by atoms with van der Waals surface area (Å²) in [7, 11) is 0. The van der Waals surface area contributed by atoms with Gasteiger partial charge in [0.05, 0.1) is 0 Å². The summed E-state index contributed by atoms with van der Waals surface area (Å²) < 4.78 is 4.87. The van der Waals surface area contributed by atoms with Crippen LogP contribution in [0.1, 0.15) is 38.7 Å². The fraction of sp³-hybridized carbons (Fsp3) is 0.474. The molecule has 0 bridgehead atoms. The van der Waals surface area contributed by atoms with Crippen LogP contribution in [0.4, 0.5) is 4.79 Å². The Morgan fingerprint density at radius 1 is 1.25 bits per heavy atom. The Balaban J connectivity index is 1.77. The highest BCUT2D eigenvalue weighted by molar-refractivity contribution is 6.30. The Morgan fingerprint density at radius 2 is 1.93 bits per heavy atom. The Kier molecular flexibility index (Phi) is 7.39. The molecule has 1 atom stereocenters. The minimum atomic E-state index is -1.01. The van der Waals surface area contributed by atoms with Crippen LogP contribution in [-0.4, -0.2) is 47.4 Å². The molecule has 28 heavy (non-hydrogen) atoms. The van der Waals surface area contributed by atoms with Gasteiger partial charge in [-0.05, 0) is 31.0 Å². The molecule has 0 spiro atoms. The van der Waals surface area contributed by atoms with E-state index in [2.05, 4.69) is 10.6 Å². The number of halogens is 1. The van der Waals surface area contributed by atoms with Gasteiger partial charge in [0.1, 0.15) is 12.1 Å². The predicted molar refractivity (Wildman–Crippen MR) is 102 cm³/mol. The number of unbranched alkanes of at least 4 members (excludes halogenated alkanes) is 1. The lowest BCUT2D eigenvalue weighted by Gasteiger charge is -2.21. The third kappa shape index (κ3) is 5.69. The van der Waals surface area contributed by atoms with Gasteiger partial charge >= 0.3 is 12.0 Å². The molecule has 1 fully saturated rings. The molecule has 4 amide bonds. The highest BCUT2D eigenvalue weighted by Gasteiger charge is 2.47. The molecule has 9 heteroatoms. The number of amides is 4. The third-order valence-electron chi connectivity index (χ3n) is 4.43. The van der Waals surface area contributed by atoms with E-state index in [4.69, 9.17) is 16.3 Å². The minimum Gasteiger partial charge on any atom is -0.454 e. The summed E-state index contributed by atoms with van der Waals surface area (Å²) >= 11 is 5.79. The Bertz CT molecular complexity index is 752. The number of hydrogen-bond acceptors (Lipinski definition) is 5. The number of rotatable bonds is 9. The Labute approximate surface area is 168 Å². The lowest BCUT2D eigenvalue weighted by Crippen LogP contribution is -2.44. The summed E-state index contributed by atoms with van der Waals surface area (Å²) in [4.78, 5) is 49.0. The molecule has 1 saturated heterocycles. The van der Waals surface area contributed by atoms with Crippen molar-refractivity contribution in [2.75, 3.05) is 13.2 Å². The first-order valence-corrected chi connectivity index (χ1v) is 9.44. The number of carbonyl (C=O) groups excluding carboxylic acids is 4. The summed E-state index contributed by atoms with van der Waals surface area (Å²) in [5, 5.41) is 5.81. The smallest absolute Gasteiger partial charge is 0.326 e. The molecule has 1 aromatic rings. The van der Waals surface area contributed by atoms with Crippen LogP contribution in [0.25, 0.3) is 0 Å². The minimum absolute atomic E-state index is 0.260. The fourth-order valence-corrected chi connectivity index (χ4v) is 2.89. The monoisotopic (exact) mass is 409 g/mol. The first-order valence-electron chi connectivity index (χ1n) is 9.06. The number of imide groups is 1. The second-order valence-corrected chi connectivity index (χ2v) is 7.26. The quantitative estimate of drug-likeness (QED) is 0.479. The highest BCUT2D eigenvalue weighted by Crippen LogP contribution is 2.23. The van der Waals surface area contributed by atoms with Crippen molar-refractivity contribution < 1.29 is 23.9 Å². The molecular formula is C19H24ClN3O5. The summed E-state index contributed by atoms with van der Waals surface area (Å²) in [6.45, 7) is 2.85. The van der Waals surface area contributed by atoms with Crippen LogP contribution >= 0.6 is 11.6 Å². The van der Waals surface area contributed by atoms with Crippen LogP contribution in [0.5, 0.6) is 0 Å². The largest absolute Gasteiger partial charge is 0.454 e. The lowest BCUT2D eigenvalue weighted by molar-refractivity contribution is -0.151. The number of benzene rings is 1. The van der Waals surface area contributed by atoms with E-state index in [9.17, 15) is 19.2 Å². The topological polar surface area (TPSA) is 105 Å². The van der Waals surface area contributed by atoms with Crippen LogP contribution in [0, 0.1) is 0 Å². The van der Waals surface area contributed by atoms with Crippen LogP contribution in [0.3, 0.4) is 0 Å². The first-order chi connectivity index (χ1) is 13.2. The zero-order valence-electron chi connectivity index (χ0n) is 15.9. The van der Waals surface area contributed by atoms with Gasteiger partial charge in [-0.3, -0.25) is 19.3 Å². The van der Waals surface area contributed by atoms with Gasteiger partial charge < -0.3 is 15.4 Å². The molecule has 0 saturated carbocycles. The van der Waals surface area contributed by atoms with Crippen LogP contribution in [0.15, 0.2) is 24.3 Å². The van der Waals surface area contributed by atoms with Crippen molar-refractivity contribution in [1.82, 2.24) is 15.5 Å². The third-order valence-corrected chi connectivity index (χ3v) is 4.68. The van der Waals surface area contributed by atoms with Gasteiger partial charge in [-0.2, -0.15) is 0 Å². The molecule has 2 N–H and O–H groups in total. The van der Waals surface area contributed by atoms with E-state index in [0.29, 0.717) is 11.4 Å². The van der Waals surface area contributed by atoms with Crippen molar-refractivity contribution in [2.24, 2.45) is 0 Å². The maximum absolute atomic E-state index is 12.4. The number of esters is 1. The van der Waals surface area contributed by atoms with Gasteiger partial charge in [0, 0.05) is 11.6 Å². The highest BCUT2D eigenvalue weighted by atomic mass is 35.5. The van der Waals surface area contributed by atoms with Crippen LogP contribution < -0.4 is 10.6 Å². The molecule has 1 aliphatic rings. The molecular weight excluding hydrogens is 386 g/mol. The number of ether oxygens (including phenoxy) is 1. The first kappa shape index (κ1) is 21.7. The van der Waals surface area contributed by atoms with E-state index in [0.717, 1.165) is 23.3 Å². The average Bonchev–Trinajstić information content (AvgIpc) is 2.87. The van der Waals surface area contributed by atoms with E-state index in [1.54, 1.807) is 31.2 Å². The summed E-state index contributed by atoms with van der Waals surface area (Å²) in [5.74, 6) is -1.78. The maximum Gasteiger partial charge on any atom is 0.326 e. The molecule has 152 valence electrons. The number of hydrogen-bond donors (Lipinski definition) is 2. The summed E-state index contributed by atoms with van der Waals surface area (Å²) in [6, 6.07) is 6.31. The van der Waals surface area contributed by atoms with E-state index in [1.807, 2.05) is 6.92 Å². The normalized spacial score (nSPS) is 18.8. The van der Waals surface area contributed by atoms with E-state index in [-0.39, 0.29) is 6.54 Å². The fourth-order valence-electron chi connectivity index (χ4n) is 2.77. The zero-order valence-corrected chi connectivity index (χ0v) is 16.7. The predicted octanol–water partition coefficient (Wildman–Crippen LogP) is 2.00. The summed E-state index contributed by atoms with van der Waals surface area (Å²) in [6.07, 6.45) is 2.15. The average molecular weight is 410 g/mol. The Hall–Kier alpha value is -2.61. The van der Waals surface area contributed by atoms with Crippen LogP contribution in [0.2, 0.25) is 5.02 Å². The van der Waals surface area contributed by atoms with Gasteiger partial charge in [-0.25, -0.2) is 4.79 Å². The molecule has 1 aromatic carbocycles. The molecule has 2 rings (SSSR count). The van der Waals surface area contributed by atoms with E-state index < -0.39 is 42.5 Å². The number of carbonyl (C=O) groups is 4. The van der Waals surface area contributed by atoms with Crippen molar-refractivity contribution in [3.8, 4) is 0 Å². The van der Waals surface area contributed by atoms with Crippen molar-refractivity contribution >= 4 is 35.4 Å². The van der Waals surface area contributed by atoms with Gasteiger partial charge in [0.15, 0.2) is 6.61 Å². The molecule has 0 aromatic heterocycles. The van der Waals surface area contributed by atoms with Crippen molar-refractivity contribution in [3.63, 3.8) is 0 Å². The summed E-state index contributed by atoms with van der Waals surface area (Å²) in [5.41, 5.74) is -0.168. The zero-order chi connectivity index (χ0) is 20.7. The van der Waals surface area contributed by atoms with Crippen LogP contribution in [-0.2, 0) is 25.7 Å². The van der Waals surface area contributed by atoms with Gasteiger partial charge in [0.2, 0.25) is 0 Å². The standard InChI is InChI=1S/C19H24ClN3O5/c1-3-4-9-19(2)17(26)23(18(27)22-19)11-16(25)28-12-15(24)21-10-13-5-7-14(20)8-6-13/h5-8H,3-4,9-12H2,1-2H3,(H,21,24)(H,22,27)/t19-/m1/s1. The van der Waals surface area contributed by atoms with E-state index >= 15 is 0 Å². The van der Waals surface area contributed by atoms with E-state index in [1.165, 1.54) is 0 Å². The van der Waals surface area contributed by atoms with Gasteiger partial charge in [-0.1, -0.05) is 43.5 Å². The van der Waals surface area contributed by atoms with Crippen molar-refractivity contribution in [2.45, 2.75) is 45.2 Å². The van der Waals surface area contributed by atoms with Crippen molar-refractivity contribution in [1.29, 1.82) is 0 Å². The second kappa shape index (κ2) is 9.54. The molecule has 0 radical (unpaired) electrons. The van der Waals surface area contributed by atoms with Crippen molar-refractivity contribution in [3.05, 3.63) is 34.9 Å². The molecule has 1 aliphatic heterocycles. The second-order valence-electron chi connectivity index (χ2n) is 6.82. The molecule has 1 heterocycles. The van der Waals surface area contributed by atoms with Gasteiger partial charge in [0.25, 0.3) is 11.8 Å².